The van der Waals surface area contributed by atoms with Crippen LogP contribution in [0.2, 0.25) is 0 Å². The molecule has 4 aromatic rings. The number of benzene rings is 1. The third-order valence-corrected chi connectivity index (χ3v) is 11.7. The van der Waals surface area contributed by atoms with Gasteiger partial charge in [0.1, 0.15) is 0 Å². The molecule has 3 heteroatoms. The molecule has 3 aromatic heterocycles. The average Bonchev–Trinajstić information content (AvgIpc) is 3.92. The molecule has 1 aromatic carbocycles. The molecule has 3 heterocycles. The minimum Gasteiger partial charge on any atom is -0.135 e. The lowest BCUT2D eigenvalue weighted by atomic mass is 9.93. The lowest BCUT2D eigenvalue weighted by molar-refractivity contribution is 1.49. The van der Waals surface area contributed by atoms with Crippen molar-refractivity contribution in [2.45, 2.75) is 111 Å². The second-order valence-electron chi connectivity index (χ2n) is 10.3. The first kappa shape index (κ1) is 53.1. The summed E-state index contributed by atoms with van der Waals surface area (Å²) in [5.41, 5.74) is 9.26. The first-order valence-electron chi connectivity index (χ1n) is 20.2. The smallest absolute Gasteiger partial charge is 0.0431 e. The standard InChI is InChI=1S/C42H42S3.5C2H6/c1-11-20-24-36(39-27(10)28(13-3)37(43-39)23-12-2)34(19-9)42-32(17-7)31(16-6)41(45-42)30(15-5)29(14-4)40-33(18-8)35-25-21-22-26-38(35)44-40;5*1-2/h11-26H,3-4,6-7H2,1-2,5,8-10H3;5*1-2H3/b20-11-,23-12-,30-15-,33-18-,34-19-,36-24-,40-29-;;;;;. The molecule has 0 atom stereocenters. The highest BCUT2D eigenvalue weighted by atomic mass is 32.1. The van der Waals surface area contributed by atoms with Crippen molar-refractivity contribution in [1.82, 2.24) is 0 Å². The average molecular weight is 793 g/mol. The van der Waals surface area contributed by atoms with E-state index >= 15 is 0 Å². The minimum atomic E-state index is 1.09. The van der Waals surface area contributed by atoms with E-state index in [1.807, 2.05) is 116 Å². The molecule has 0 spiro atoms. The summed E-state index contributed by atoms with van der Waals surface area (Å²) >= 11 is 5.43. The topological polar surface area (TPSA) is 0 Å². The second kappa shape index (κ2) is 30.2. The summed E-state index contributed by atoms with van der Waals surface area (Å²) in [6.07, 6.45) is 25.3. The van der Waals surface area contributed by atoms with Crippen LogP contribution >= 0.6 is 34.0 Å². The summed E-state index contributed by atoms with van der Waals surface area (Å²) in [5, 5.41) is 2.52. The highest BCUT2D eigenvalue weighted by molar-refractivity contribution is 7.18. The SMILES string of the molecule is C=CC(/C(=C/C)c1sc(C(=C\C)/C(=C/C=C\C)c2sc(/C=C\C)c(C=C)c2C)c(C=C)c1C=C)=c1/sc2ccccc2/c1=C/C.CC.CC.CC.CC.CC. The van der Waals surface area contributed by atoms with Crippen LogP contribution in [0.15, 0.2) is 93.1 Å². The van der Waals surface area contributed by atoms with Crippen molar-refractivity contribution in [3.05, 3.63) is 145 Å². The Kier molecular flexibility index (Phi) is 29.2. The Labute approximate surface area is 350 Å². The number of fused-ring (bicyclic) bond motifs is 1. The summed E-state index contributed by atoms with van der Waals surface area (Å²) in [6.45, 7) is 49.7. The molecule has 0 amide bonds. The molecule has 4 rings (SSSR count). The van der Waals surface area contributed by atoms with E-state index in [9.17, 15) is 0 Å². The van der Waals surface area contributed by atoms with Gasteiger partial charge in [0.05, 0.1) is 0 Å². The number of allylic oxidation sites excluding steroid dienone is 10. The fourth-order valence-electron chi connectivity index (χ4n) is 5.77. The zero-order valence-electron chi connectivity index (χ0n) is 37.3. The highest BCUT2D eigenvalue weighted by Gasteiger charge is 2.25. The fraction of sp³-hybridized carbons (Fsp3) is 0.308. The van der Waals surface area contributed by atoms with Gasteiger partial charge in [-0.2, -0.15) is 0 Å². The van der Waals surface area contributed by atoms with Gasteiger partial charge in [0.2, 0.25) is 0 Å². The molecule has 0 radical (unpaired) electrons. The first-order valence-corrected chi connectivity index (χ1v) is 22.6. The van der Waals surface area contributed by atoms with Gasteiger partial charge in [0.15, 0.2) is 0 Å². The lowest BCUT2D eigenvalue weighted by Crippen LogP contribution is -2.21. The van der Waals surface area contributed by atoms with Crippen LogP contribution in [0.25, 0.3) is 62.8 Å². The molecule has 0 saturated heterocycles. The van der Waals surface area contributed by atoms with Gasteiger partial charge >= 0.3 is 0 Å². The quantitative estimate of drug-likeness (QED) is 0.133. The van der Waals surface area contributed by atoms with Crippen molar-refractivity contribution < 1.29 is 0 Å². The van der Waals surface area contributed by atoms with Crippen LogP contribution in [0.5, 0.6) is 0 Å². The fourth-order valence-corrected chi connectivity index (χ4v) is 9.87. The monoisotopic (exact) mass is 792 g/mol. The zero-order valence-corrected chi connectivity index (χ0v) is 39.7. The van der Waals surface area contributed by atoms with Crippen LogP contribution in [-0.2, 0) is 0 Å². The van der Waals surface area contributed by atoms with Crippen molar-refractivity contribution in [1.29, 1.82) is 0 Å². The van der Waals surface area contributed by atoms with Gasteiger partial charge in [-0.25, -0.2) is 0 Å². The number of hydrogen-bond acceptors (Lipinski definition) is 3. The maximum atomic E-state index is 4.31. The van der Waals surface area contributed by atoms with Gasteiger partial charge in [0.25, 0.3) is 0 Å². The molecule has 0 saturated carbocycles. The van der Waals surface area contributed by atoms with Gasteiger partial charge in [-0.05, 0) is 86.6 Å². The summed E-state index contributed by atoms with van der Waals surface area (Å²) in [5.74, 6) is 0. The number of hydrogen-bond donors (Lipinski definition) is 0. The van der Waals surface area contributed by atoms with Crippen LogP contribution in [0.4, 0.5) is 0 Å². The van der Waals surface area contributed by atoms with Gasteiger partial charge in [-0.15, -0.1) is 34.0 Å². The predicted octanol–water partition coefficient (Wildman–Crippen LogP) is 17.7. The maximum Gasteiger partial charge on any atom is 0.0431 e. The van der Waals surface area contributed by atoms with Crippen molar-refractivity contribution in [2.75, 3.05) is 0 Å². The van der Waals surface area contributed by atoms with E-state index in [0.717, 1.165) is 22.3 Å². The predicted molar refractivity (Wildman–Crippen MR) is 270 cm³/mol. The van der Waals surface area contributed by atoms with Gasteiger partial charge in [-0.3, -0.25) is 0 Å². The van der Waals surface area contributed by atoms with E-state index in [-0.39, 0.29) is 0 Å². The maximum absolute atomic E-state index is 4.31. The van der Waals surface area contributed by atoms with Crippen molar-refractivity contribution >= 4 is 96.8 Å². The molecule has 0 bridgehead atoms. The molecule has 0 aliphatic rings. The molecule has 298 valence electrons. The molecule has 0 aliphatic carbocycles. The van der Waals surface area contributed by atoms with Crippen molar-refractivity contribution in [3.8, 4) is 0 Å². The largest absolute Gasteiger partial charge is 0.135 e. The summed E-state index contributed by atoms with van der Waals surface area (Å²) in [7, 11) is 0. The zero-order chi connectivity index (χ0) is 42.7. The summed E-state index contributed by atoms with van der Waals surface area (Å²) < 4.78 is 2.50. The molecular weight excluding hydrogens is 721 g/mol. The first-order chi connectivity index (χ1) is 26.9. The van der Waals surface area contributed by atoms with Crippen LogP contribution in [0.1, 0.15) is 146 Å². The Hall–Kier alpha value is -4.02. The molecular formula is C52H72S3. The summed E-state index contributed by atoms with van der Waals surface area (Å²) in [6, 6.07) is 8.62. The van der Waals surface area contributed by atoms with Gasteiger partial charge in [-0.1, -0.05) is 181 Å². The van der Waals surface area contributed by atoms with Gasteiger partial charge < -0.3 is 0 Å². The number of thiophene rings is 3. The Bertz CT molecular complexity index is 2070. The molecule has 0 nitrogen and oxygen atoms in total. The highest BCUT2D eigenvalue weighted by Crippen LogP contribution is 2.47. The van der Waals surface area contributed by atoms with E-state index in [0.29, 0.717) is 0 Å². The molecule has 55 heavy (non-hydrogen) atoms. The third-order valence-electron chi connectivity index (χ3n) is 7.85. The van der Waals surface area contributed by atoms with Crippen molar-refractivity contribution in [3.63, 3.8) is 0 Å². The molecule has 0 aliphatic heterocycles. The third kappa shape index (κ3) is 12.5. The van der Waals surface area contributed by atoms with Crippen LogP contribution in [-0.4, -0.2) is 0 Å². The minimum absolute atomic E-state index is 1.09. The van der Waals surface area contributed by atoms with E-state index in [1.54, 1.807) is 11.3 Å². The Morgan fingerprint density at radius 1 is 0.582 bits per heavy atom. The van der Waals surface area contributed by atoms with E-state index in [1.165, 1.54) is 61.6 Å². The molecule has 0 unspecified atom stereocenters. The Morgan fingerprint density at radius 2 is 1.11 bits per heavy atom. The van der Waals surface area contributed by atoms with E-state index < -0.39 is 0 Å². The second-order valence-corrected chi connectivity index (χ2v) is 13.4. The van der Waals surface area contributed by atoms with E-state index in [2.05, 4.69) is 141 Å². The van der Waals surface area contributed by atoms with Crippen LogP contribution < -0.4 is 9.75 Å². The lowest BCUT2D eigenvalue weighted by Gasteiger charge is -2.12. The Balaban J connectivity index is 0. The molecule has 0 N–H and O–H groups in total. The van der Waals surface area contributed by atoms with Crippen LogP contribution in [0.3, 0.4) is 0 Å². The molecule has 0 fully saturated rings. The Morgan fingerprint density at radius 3 is 1.56 bits per heavy atom. The van der Waals surface area contributed by atoms with Crippen LogP contribution in [0, 0.1) is 6.92 Å². The number of rotatable bonds is 11. The van der Waals surface area contributed by atoms with Gasteiger partial charge in [0, 0.05) is 51.0 Å². The van der Waals surface area contributed by atoms with E-state index in [4.69, 9.17) is 0 Å². The normalized spacial score (nSPS) is 12.1. The summed E-state index contributed by atoms with van der Waals surface area (Å²) in [4.78, 5) is 4.81. The van der Waals surface area contributed by atoms with Crippen molar-refractivity contribution in [2.24, 2.45) is 0 Å².